The van der Waals surface area contributed by atoms with Gasteiger partial charge in [0.05, 0.1) is 6.42 Å². The minimum absolute atomic E-state index is 0.0682. The first-order chi connectivity index (χ1) is 11.9. The Balaban J connectivity index is 1.94. The largest absolute Gasteiger partial charge is 0.480 e. The number of rotatable bonds is 7. The molecule has 3 N–H and O–H groups in total. The number of nitrogens with one attached hydrogen (secondary N) is 2. The van der Waals surface area contributed by atoms with E-state index in [9.17, 15) is 14.4 Å². The van der Waals surface area contributed by atoms with Crippen LogP contribution < -0.4 is 10.6 Å². The maximum absolute atomic E-state index is 12.2. The number of furan rings is 1. The highest BCUT2D eigenvalue weighted by molar-refractivity contribution is 6.02. The zero-order valence-corrected chi connectivity index (χ0v) is 14.1. The second-order valence-electron chi connectivity index (χ2n) is 5.57. The Morgan fingerprint density at radius 3 is 2.40 bits per heavy atom. The van der Waals surface area contributed by atoms with Crippen LogP contribution in [-0.2, 0) is 22.4 Å². The Bertz CT molecular complexity index is 777. The third-order valence-corrected chi connectivity index (χ3v) is 3.58. The van der Waals surface area contributed by atoms with Crippen LogP contribution in [0.4, 0.5) is 5.69 Å². The van der Waals surface area contributed by atoms with Gasteiger partial charge in [0.1, 0.15) is 12.3 Å². The summed E-state index contributed by atoms with van der Waals surface area (Å²) in [5.41, 5.74) is 2.23. The number of carboxylic acid groups (broad SMARTS) is 1. The number of carbonyl (C=O) groups is 3. The van der Waals surface area contributed by atoms with Crippen LogP contribution in [0.25, 0.3) is 0 Å². The van der Waals surface area contributed by atoms with E-state index in [1.54, 1.807) is 30.3 Å². The van der Waals surface area contributed by atoms with E-state index in [0.29, 0.717) is 11.3 Å². The maximum Gasteiger partial charge on any atom is 0.322 e. The fraction of sp³-hybridized carbons (Fsp3) is 0.278. The summed E-state index contributed by atoms with van der Waals surface area (Å²) in [7, 11) is 0. The van der Waals surface area contributed by atoms with Crippen molar-refractivity contribution in [1.82, 2.24) is 5.32 Å². The van der Waals surface area contributed by atoms with E-state index in [1.807, 2.05) is 13.8 Å². The number of carbonyl (C=O) groups excluding carboxylic acids is 2. The third-order valence-electron chi connectivity index (χ3n) is 3.58. The molecule has 0 saturated carbocycles. The van der Waals surface area contributed by atoms with Crippen molar-refractivity contribution in [2.45, 2.75) is 26.7 Å². The van der Waals surface area contributed by atoms with E-state index in [1.165, 1.54) is 0 Å². The van der Waals surface area contributed by atoms with Crippen molar-refractivity contribution in [2.75, 3.05) is 11.9 Å². The maximum atomic E-state index is 12.2. The van der Waals surface area contributed by atoms with E-state index in [0.717, 1.165) is 17.7 Å². The molecule has 1 aromatic heterocycles. The molecular formula is C18H20N2O5. The van der Waals surface area contributed by atoms with Crippen LogP contribution in [0.2, 0.25) is 0 Å². The van der Waals surface area contributed by atoms with E-state index < -0.39 is 12.5 Å². The highest BCUT2D eigenvalue weighted by Gasteiger charge is 2.14. The van der Waals surface area contributed by atoms with Gasteiger partial charge in [-0.2, -0.15) is 0 Å². The minimum Gasteiger partial charge on any atom is -0.480 e. The van der Waals surface area contributed by atoms with Crippen molar-refractivity contribution < 1.29 is 23.9 Å². The van der Waals surface area contributed by atoms with Crippen LogP contribution in [0.3, 0.4) is 0 Å². The molecule has 7 heteroatoms. The van der Waals surface area contributed by atoms with Gasteiger partial charge in [0, 0.05) is 12.1 Å². The molecule has 2 aromatic rings. The van der Waals surface area contributed by atoms with Crippen LogP contribution >= 0.6 is 0 Å². The van der Waals surface area contributed by atoms with Gasteiger partial charge in [-0.05, 0) is 36.2 Å². The van der Waals surface area contributed by atoms with Crippen LogP contribution in [0.1, 0.15) is 34.4 Å². The molecule has 7 nitrogen and oxygen atoms in total. The monoisotopic (exact) mass is 344 g/mol. The Morgan fingerprint density at radius 2 is 1.84 bits per heavy atom. The lowest BCUT2D eigenvalue weighted by Crippen LogP contribution is -2.30. The molecule has 0 aliphatic heterocycles. The summed E-state index contributed by atoms with van der Waals surface area (Å²) in [6.45, 7) is 3.44. The first-order valence-corrected chi connectivity index (χ1v) is 7.87. The second-order valence-corrected chi connectivity index (χ2v) is 5.57. The van der Waals surface area contributed by atoms with Crippen molar-refractivity contribution >= 4 is 23.5 Å². The normalized spacial score (nSPS) is 10.3. The SMILES string of the molecule is CCc1oc(C(=O)Nc2ccc(CC(=O)NCC(=O)O)cc2)cc1C. The zero-order valence-electron chi connectivity index (χ0n) is 14.1. The molecule has 0 radical (unpaired) electrons. The van der Waals surface area contributed by atoms with Crippen LogP contribution in [0, 0.1) is 6.92 Å². The van der Waals surface area contributed by atoms with Crippen molar-refractivity contribution in [3.8, 4) is 0 Å². The zero-order chi connectivity index (χ0) is 18.4. The lowest BCUT2D eigenvalue weighted by molar-refractivity contribution is -0.137. The fourth-order valence-corrected chi connectivity index (χ4v) is 2.30. The lowest BCUT2D eigenvalue weighted by atomic mass is 10.1. The first kappa shape index (κ1) is 18.3. The van der Waals surface area contributed by atoms with Gasteiger partial charge in [-0.3, -0.25) is 14.4 Å². The van der Waals surface area contributed by atoms with Gasteiger partial charge in [-0.1, -0.05) is 19.1 Å². The van der Waals surface area contributed by atoms with Gasteiger partial charge >= 0.3 is 5.97 Å². The van der Waals surface area contributed by atoms with E-state index in [4.69, 9.17) is 9.52 Å². The highest BCUT2D eigenvalue weighted by Crippen LogP contribution is 2.17. The summed E-state index contributed by atoms with van der Waals surface area (Å²) in [6.07, 6.45) is 0.788. The molecule has 0 aliphatic rings. The Hall–Kier alpha value is -3.09. The number of hydrogen-bond acceptors (Lipinski definition) is 4. The average Bonchev–Trinajstić information content (AvgIpc) is 2.96. The molecule has 132 valence electrons. The number of carboxylic acids is 1. The molecule has 0 unspecified atom stereocenters. The Kier molecular flexibility index (Phi) is 5.94. The first-order valence-electron chi connectivity index (χ1n) is 7.87. The molecule has 0 bridgehead atoms. The molecule has 1 aromatic carbocycles. The summed E-state index contributed by atoms with van der Waals surface area (Å²) in [4.78, 5) is 34.2. The number of amides is 2. The standard InChI is InChI=1S/C18H20N2O5/c1-3-14-11(2)8-15(25-14)18(24)20-13-6-4-12(5-7-13)9-16(21)19-10-17(22)23/h4-8H,3,9-10H2,1-2H3,(H,19,21)(H,20,24)(H,22,23). The van der Waals surface area contributed by atoms with Gasteiger partial charge in [-0.25, -0.2) is 0 Å². The predicted octanol–water partition coefficient (Wildman–Crippen LogP) is 2.15. The van der Waals surface area contributed by atoms with Crippen molar-refractivity contribution in [3.05, 3.63) is 53.0 Å². The molecule has 1 heterocycles. The summed E-state index contributed by atoms with van der Waals surface area (Å²) >= 11 is 0. The molecule has 0 saturated heterocycles. The second kappa shape index (κ2) is 8.14. The van der Waals surface area contributed by atoms with Crippen molar-refractivity contribution in [2.24, 2.45) is 0 Å². The quantitative estimate of drug-likeness (QED) is 0.713. The predicted molar refractivity (Wildman–Crippen MR) is 91.6 cm³/mol. The smallest absolute Gasteiger partial charge is 0.322 e. The lowest BCUT2D eigenvalue weighted by Gasteiger charge is -2.06. The highest BCUT2D eigenvalue weighted by atomic mass is 16.4. The third kappa shape index (κ3) is 5.20. The molecule has 0 atom stereocenters. The summed E-state index contributed by atoms with van der Waals surface area (Å²) in [5, 5.41) is 13.5. The summed E-state index contributed by atoms with van der Waals surface area (Å²) in [6, 6.07) is 8.44. The molecule has 0 aliphatic carbocycles. The Morgan fingerprint density at radius 1 is 1.16 bits per heavy atom. The Labute approximate surface area is 145 Å². The molecular weight excluding hydrogens is 324 g/mol. The van der Waals surface area contributed by atoms with Gasteiger partial charge < -0.3 is 20.2 Å². The number of anilines is 1. The van der Waals surface area contributed by atoms with E-state index in [-0.39, 0.29) is 24.0 Å². The van der Waals surface area contributed by atoms with Gasteiger partial charge in [0.25, 0.3) is 5.91 Å². The number of benzene rings is 1. The average molecular weight is 344 g/mol. The summed E-state index contributed by atoms with van der Waals surface area (Å²) < 4.78 is 5.51. The fourth-order valence-electron chi connectivity index (χ4n) is 2.30. The van der Waals surface area contributed by atoms with Crippen LogP contribution in [0.15, 0.2) is 34.7 Å². The van der Waals surface area contributed by atoms with Crippen molar-refractivity contribution in [1.29, 1.82) is 0 Å². The van der Waals surface area contributed by atoms with Crippen LogP contribution in [0.5, 0.6) is 0 Å². The van der Waals surface area contributed by atoms with Gasteiger partial charge in [-0.15, -0.1) is 0 Å². The molecule has 2 amide bonds. The topological polar surface area (TPSA) is 109 Å². The van der Waals surface area contributed by atoms with Crippen molar-refractivity contribution in [3.63, 3.8) is 0 Å². The number of aliphatic carboxylic acids is 1. The molecule has 25 heavy (non-hydrogen) atoms. The van der Waals surface area contributed by atoms with E-state index in [2.05, 4.69) is 10.6 Å². The summed E-state index contributed by atoms with van der Waals surface area (Å²) in [5.74, 6) is -0.766. The van der Waals surface area contributed by atoms with Crippen LogP contribution in [-0.4, -0.2) is 29.4 Å². The van der Waals surface area contributed by atoms with E-state index >= 15 is 0 Å². The molecule has 2 rings (SSSR count). The van der Waals surface area contributed by atoms with Gasteiger partial charge in [0.2, 0.25) is 5.91 Å². The molecule has 0 fully saturated rings. The number of hydrogen-bond donors (Lipinski definition) is 3. The molecule has 0 spiro atoms. The number of aryl methyl sites for hydroxylation is 2. The minimum atomic E-state index is -1.09. The van der Waals surface area contributed by atoms with Gasteiger partial charge in [0.15, 0.2) is 5.76 Å².